The summed E-state index contributed by atoms with van der Waals surface area (Å²) in [6, 6.07) is 3.05. The Hall–Kier alpha value is -0.800. The molecular weight excluding hydrogens is 248 g/mol. The second-order valence-corrected chi connectivity index (χ2v) is 7.08. The van der Waals surface area contributed by atoms with Crippen LogP contribution in [-0.4, -0.2) is 18.1 Å². The van der Waals surface area contributed by atoms with Crippen molar-refractivity contribution >= 4 is 0 Å². The van der Waals surface area contributed by atoms with Crippen molar-refractivity contribution in [2.45, 2.75) is 77.9 Å². The lowest BCUT2D eigenvalue weighted by Crippen LogP contribution is -2.35. The van der Waals surface area contributed by atoms with Gasteiger partial charge in [0.25, 0.3) is 0 Å². The number of nitrogens with one attached hydrogen (secondary N) is 2. The Morgan fingerprint density at radius 2 is 2.00 bits per heavy atom. The molecule has 2 rings (SSSR count). The van der Waals surface area contributed by atoms with Crippen LogP contribution in [0.25, 0.3) is 0 Å². The van der Waals surface area contributed by atoms with E-state index in [4.69, 9.17) is 4.42 Å². The van der Waals surface area contributed by atoms with Gasteiger partial charge in [0.1, 0.15) is 11.5 Å². The van der Waals surface area contributed by atoms with Crippen LogP contribution in [0.1, 0.15) is 63.5 Å². The van der Waals surface area contributed by atoms with E-state index in [0.717, 1.165) is 37.1 Å². The fourth-order valence-electron chi connectivity index (χ4n) is 2.26. The van der Waals surface area contributed by atoms with Crippen LogP contribution in [0, 0.1) is 6.92 Å². The first-order valence-corrected chi connectivity index (χ1v) is 8.00. The lowest BCUT2D eigenvalue weighted by atomic mass is 10.1. The molecule has 2 N–H and O–H groups in total. The first kappa shape index (κ1) is 15.6. The fourth-order valence-corrected chi connectivity index (χ4v) is 2.26. The van der Waals surface area contributed by atoms with Crippen molar-refractivity contribution in [2.24, 2.45) is 0 Å². The summed E-state index contributed by atoms with van der Waals surface area (Å²) < 4.78 is 5.86. The van der Waals surface area contributed by atoms with Crippen molar-refractivity contribution < 1.29 is 4.42 Å². The molecule has 1 saturated carbocycles. The minimum Gasteiger partial charge on any atom is -0.466 e. The highest BCUT2D eigenvalue weighted by Crippen LogP contribution is 2.19. The van der Waals surface area contributed by atoms with E-state index in [9.17, 15) is 0 Å². The number of furan rings is 1. The molecule has 0 aromatic carbocycles. The summed E-state index contributed by atoms with van der Waals surface area (Å²) in [4.78, 5) is 0. The van der Waals surface area contributed by atoms with Crippen LogP contribution < -0.4 is 10.6 Å². The topological polar surface area (TPSA) is 37.2 Å². The van der Waals surface area contributed by atoms with E-state index < -0.39 is 0 Å². The molecule has 0 saturated heterocycles. The lowest BCUT2D eigenvalue weighted by molar-refractivity contribution is 0.419. The van der Waals surface area contributed by atoms with Gasteiger partial charge in [-0.15, -0.1) is 0 Å². The number of hydrogen-bond acceptors (Lipinski definition) is 3. The Kier molecular flexibility index (Phi) is 5.28. The summed E-state index contributed by atoms with van der Waals surface area (Å²) in [5, 5.41) is 7.07. The summed E-state index contributed by atoms with van der Waals surface area (Å²) >= 11 is 0. The quantitative estimate of drug-likeness (QED) is 0.714. The highest BCUT2D eigenvalue weighted by molar-refractivity contribution is 5.21. The molecule has 0 unspecified atom stereocenters. The van der Waals surface area contributed by atoms with E-state index in [1.807, 2.05) is 0 Å². The zero-order valence-electron chi connectivity index (χ0n) is 13.5. The molecule has 3 nitrogen and oxygen atoms in total. The Labute approximate surface area is 123 Å². The maximum atomic E-state index is 5.86. The van der Waals surface area contributed by atoms with Gasteiger partial charge in [0.05, 0.1) is 0 Å². The van der Waals surface area contributed by atoms with Gasteiger partial charge in [-0.2, -0.15) is 0 Å². The van der Waals surface area contributed by atoms with Gasteiger partial charge < -0.3 is 15.1 Å². The average molecular weight is 278 g/mol. The Bertz CT molecular complexity index is 413. The molecule has 0 amide bonds. The molecule has 1 heterocycles. The van der Waals surface area contributed by atoms with E-state index in [1.54, 1.807) is 0 Å². The highest BCUT2D eigenvalue weighted by atomic mass is 16.3. The second-order valence-electron chi connectivity index (χ2n) is 7.08. The van der Waals surface area contributed by atoms with E-state index in [0.29, 0.717) is 0 Å². The number of aryl methyl sites for hydroxylation is 2. The largest absolute Gasteiger partial charge is 0.466 e. The maximum absolute atomic E-state index is 5.86. The smallest absolute Gasteiger partial charge is 0.105 e. The summed E-state index contributed by atoms with van der Waals surface area (Å²) in [6.07, 6.45) is 6.26. The second kappa shape index (κ2) is 6.77. The van der Waals surface area contributed by atoms with E-state index in [2.05, 4.69) is 44.4 Å². The number of hydrogen-bond donors (Lipinski definition) is 2. The van der Waals surface area contributed by atoms with Crippen molar-refractivity contribution in [2.75, 3.05) is 6.54 Å². The molecule has 0 radical (unpaired) electrons. The Morgan fingerprint density at radius 3 is 2.65 bits per heavy atom. The number of unbranched alkanes of at least 4 members (excludes halogenated alkanes) is 1. The molecule has 1 aromatic heterocycles. The number of rotatable bonds is 8. The minimum atomic E-state index is 0.151. The molecule has 114 valence electrons. The first-order valence-electron chi connectivity index (χ1n) is 8.00. The van der Waals surface area contributed by atoms with Crippen LogP contribution >= 0.6 is 0 Å². The summed E-state index contributed by atoms with van der Waals surface area (Å²) in [6.45, 7) is 10.7. The molecule has 1 aliphatic carbocycles. The third-order valence-corrected chi connectivity index (χ3v) is 3.74. The normalized spacial score (nSPS) is 15.8. The molecule has 0 aliphatic heterocycles. The molecule has 1 aliphatic rings. The Morgan fingerprint density at radius 1 is 1.25 bits per heavy atom. The van der Waals surface area contributed by atoms with E-state index >= 15 is 0 Å². The van der Waals surface area contributed by atoms with E-state index in [-0.39, 0.29) is 5.54 Å². The van der Waals surface area contributed by atoms with Gasteiger partial charge in [-0.1, -0.05) is 0 Å². The first-order chi connectivity index (χ1) is 9.44. The van der Waals surface area contributed by atoms with Crippen molar-refractivity contribution in [1.82, 2.24) is 10.6 Å². The molecule has 20 heavy (non-hydrogen) atoms. The predicted molar refractivity (Wildman–Crippen MR) is 84.0 cm³/mol. The van der Waals surface area contributed by atoms with Gasteiger partial charge in [-0.25, -0.2) is 0 Å². The van der Waals surface area contributed by atoms with Crippen LogP contribution in [0.2, 0.25) is 0 Å². The molecule has 0 atom stereocenters. The van der Waals surface area contributed by atoms with Crippen LogP contribution in [0.4, 0.5) is 0 Å². The average Bonchev–Trinajstić information content (AvgIpc) is 3.10. The monoisotopic (exact) mass is 278 g/mol. The maximum Gasteiger partial charge on any atom is 0.105 e. The van der Waals surface area contributed by atoms with Gasteiger partial charge in [-0.3, -0.25) is 0 Å². The van der Waals surface area contributed by atoms with Gasteiger partial charge in [0.2, 0.25) is 0 Å². The van der Waals surface area contributed by atoms with Crippen molar-refractivity contribution in [1.29, 1.82) is 0 Å². The zero-order chi connectivity index (χ0) is 14.6. The fraction of sp³-hybridized carbons (Fsp3) is 0.765. The molecule has 1 aromatic rings. The van der Waals surface area contributed by atoms with Crippen LogP contribution in [0.5, 0.6) is 0 Å². The van der Waals surface area contributed by atoms with Gasteiger partial charge >= 0.3 is 0 Å². The molecule has 3 heteroatoms. The van der Waals surface area contributed by atoms with Crippen molar-refractivity contribution in [3.8, 4) is 0 Å². The molecule has 0 bridgehead atoms. The summed E-state index contributed by atoms with van der Waals surface area (Å²) in [7, 11) is 0. The van der Waals surface area contributed by atoms with Gasteiger partial charge in [-0.05, 0) is 66.0 Å². The Balaban J connectivity index is 1.69. The third kappa shape index (κ3) is 5.68. The molecule has 1 fully saturated rings. The van der Waals surface area contributed by atoms with E-state index in [1.165, 1.54) is 31.2 Å². The zero-order valence-corrected chi connectivity index (χ0v) is 13.5. The minimum absolute atomic E-state index is 0.151. The molecular formula is C17H30N2O. The van der Waals surface area contributed by atoms with Crippen LogP contribution in [-0.2, 0) is 13.0 Å². The van der Waals surface area contributed by atoms with Crippen molar-refractivity contribution in [3.05, 3.63) is 23.2 Å². The highest BCUT2D eigenvalue weighted by Gasteiger charge is 2.19. The summed E-state index contributed by atoms with van der Waals surface area (Å²) in [5.74, 6) is 2.20. The predicted octanol–water partition coefficient (Wildman–Crippen LogP) is 3.55. The molecule has 0 spiro atoms. The van der Waals surface area contributed by atoms with Crippen molar-refractivity contribution in [3.63, 3.8) is 0 Å². The lowest BCUT2D eigenvalue weighted by Gasteiger charge is -2.20. The van der Waals surface area contributed by atoms with Gasteiger partial charge in [0.15, 0.2) is 0 Å². The third-order valence-electron chi connectivity index (χ3n) is 3.74. The summed E-state index contributed by atoms with van der Waals surface area (Å²) in [5.41, 5.74) is 1.45. The van der Waals surface area contributed by atoms with Gasteiger partial charge in [0, 0.05) is 30.1 Å². The standard InChI is InChI=1S/C17H30N2O/c1-13-14(12-19-17(2,3)4)11-16(20-13)7-5-6-10-18-15-8-9-15/h11,15,18-19H,5-10,12H2,1-4H3. The van der Waals surface area contributed by atoms with Crippen LogP contribution in [0.3, 0.4) is 0 Å². The SMILES string of the molecule is Cc1oc(CCCCNC2CC2)cc1CNC(C)(C)C. The van der Waals surface area contributed by atoms with Crippen LogP contribution in [0.15, 0.2) is 10.5 Å².